The topological polar surface area (TPSA) is 65.5 Å². The van der Waals surface area contributed by atoms with E-state index < -0.39 is 0 Å². The van der Waals surface area contributed by atoms with Gasteiger partial charge in [-0.15, -0.1) is 0 Å². The van der Waals surface area contributed by atoms with E-state index in [0.29, 0.717) is 43.6 Å². The van der Waals surface area contributed by atoms with E-state index in [0.717, 1.165) is 0 Å². The molecule has 0 aromatic carbocycles. The highest BCUT2D eigenvalue weighted by Gasteiger charge is 2.20. The fourth-order valence-corrected chi connectivity index (χ4v) is 2.17. The fraction of sp³-hybridized carbons (Fsp3) is 0.462. The molecule has 1 aromatic rings. The first-order chi connectivity index (χ1) is 9.54. The third-order valence-corrected chi connectivity index (χ3v) is 3.40. The maximum atomic E-state index is 11.9. The van der Waals surface area contributed by atoms with Gasteiger partial charge < -0.3 is 10.2 Å². The average molecular weight is 297 g/mol. The Kier molecular flexibility index (Phi) is 4.92. The van der Waals surface area contributed by atoms with Crippen molar-refractivity contribution in [2.24, 2.45) is 0 Å². The van der Waals surface area contributed by atoms with Crippen molar-refractivity contribution in [3.8, 4) is 0 Å². The Bertz CT molecular complexity index is 484. The molecule has 1 N–H and O–H groups in total. The molecule has 0 bridgehead atoms. The highest BCUT2D eigenvalue weighted by Crippen LogP contribution is 2.09. The van der Waals surface area contributed by atoms with Crippen molar-refractivity contribution in [3.63, 3.8) is 0 Å². The lowest BCUT2D eigenvalue weighted by molar-refractivity contribution is -0.130. The number of anilines is 1. The van der Waals surface area contributed by atoms with Gasteiger partial charge >= 0.3 is 0 Å². The molecule has 2 heterocycles. The second-order valence-electron chi connectivity index (χ2n) is 4.69. The molecule has 1 aromatic heterocycles. The number of nitrogens with zero attached hydrogens (tertiary/aromatic N) is 3. The van der Waals surface area contributed by atoms with Crippen LogP contribution in [-0.4, -0.2) is 59.3 Å². The zero-order valence-electron chi connectivity index (χ0n) is 11.3. The molecule has 20 heavy (non-hydrogen) atoms. The van der Waals surface area contributed by atoms with Crippen molar-refractivity contribution in [3.05, 3.63) is 23.4 Å². The molecule has 2 amide bonds. The monoisotopic (exact) mass is 296 g/mol. The molecule has 0 unspecified atom stereocenters. The van der Waals surface area contributed by atoms with Crippen LogP contribution < -0.4 is 5.32 Å². The predicted octanol–water partition coefficient (Wildman–Crippen LogP) is 0.838. The van der Waals surface area contributed by atoms with Crippen LogP contribution in [0.2, 0.25) is 5.02 Å². The normalized spacial score (nSPS) is 16.0. The zero-order chi connectivity index (χ0) is 14.5. The lowest BCUT2D eigenvalue weighted by atomic mass is 10.3. The Morgan fingerprint density at radius 2 is 2.00 bits per heavy atom. The second-order valence-corrected chi connectivity index (χ2v) is 5.13. The van der Waals surface area contributed by atoms with Crippen LogP contribution in [0.3, 0.4) is 0 Å². The molecule has 1 aliphatic heterocycles. The minimum absolute atomic E-state index is 0.0828. The van der Waals surface area contributed by atoms with Crippen LogP contribution in [0.15, 0.2) is 18.3 Å². The lowest BCUT2D eigenvalue weighted by Gasteiger charge is -2.33. The Morgan fingerprint density at radius 3 is 2.55 bits per heavy atom. The Hall–Kier alpha value is -1.66. The number of amides is 2. The van der Waals surface area contributed by atoms with Gasteiger partial charge in [-0.3, -0.25) is 14.5 Å². The number of pyridine rings is 1. The van der Waals surface area contributed by atoms with E-state index in [1.165, 1.54) is 6.20 Å². The molecule has 6 nitrogen and oxygen atoms in total. The van der Waals surface area contributed by atoms with Gasteiger partial charge in [-0.05, 0) is 12.1 Å². The van der Waals surface area contributed by atoms with Crippen LogP contribution >= 0.6 is 11.6 Å². The molecule has 0 saturated carbocycles. The van der Waals surface area contributed by atoms with Crippen molar-refractivity contribution >= 4 is 29.2 Å². The summed E-state index contributed by atoms with van der Waals surface area (Å²) in [6.45, 7) is 4.62. The maximum absolute atomic E-state index is 11.9. The van der Waals surface area contributed by atoms with Crippen molar-refractivity contribution in [1.82, 2.24) is 14.8 Å². The van der Waals surface area contributed by atoms with Gasteiger partial charge in [0.25, 0.3) is 0 Å². The fourth-order valence-electron chi connectivity index (χ4n) is 2.06. The van der Waals surface area contributed by atoms with E-state index in [1.54, 1.807) is 24.0 Å². The molecule has 0 spiro atoms. The van der Waals surface area contributed by atoms with Crippen molar-refractivity contribution in [2.45, 2.75) is 6.92 Å². The van der Waals surface area contributed by atoms with E-state index in [-0.39, 0.29) is 11.8 Å². The maximum Gasteiger partial charge on any atom is 0.239 e. The van der Waals surface area contributed by atoms with E-state index in [4.69, 9.17) is 11.6 Å². The van der Waals surface area contributed by atoms with Crippen molar-refractivity contribution in [2.75, 3.05) is 38.0 Å². The van der Waals surface area contributed by atoms with Gasteiger partial charge in [0.2, 0.25) is 11.8 Å². The summed E-state index contributed by atoms with van der Waals surface area (Å²) in [6.07, 6.45) is 1.49. The summed E-state index contributed by atoms with van der Waals surface area (Å²) >= 11 is 5.73. The molecule has 108 valence electrons. The van der Waals surface area contributed by atoms with E-state index >= 15 is 0 Å². The van der Waals surface area contributed by atoms with Gasteiger partial charge in [0.05, 0.1) is 11.6 Å². The van der Waals surface area contributed by atoms with E-state index in [1.807, 2.05) is 4.90 Å². The number of piperazine rings is 1. The van der Waals surface area contributed by atoms with Crippen LogP contribution in [0.1, 0.15) is 6.92 Å². The summed E-state index contributed by atoms with van der Waals surface area (Å²) in [5.74, 6) is 0.456. The Balaban J connectivity index is 1.78. The van der Waals surface area contributed by atoms with Crippen molar-refractivity contribution < 1.29 is 9.59 Å². The number of aromatic nitrogens is 1. The second kappa shape index (κ2) is 6.67. The van der Waals surface area contributed by atoms with Gasteiger partial charge in [0.1, 0.15) is 5.82 Å². The minimum atomic E-state index is -0.115. The number of carbonyl (C=O) groups is 2. The molecule has 0 atom stereocenters. The van der Waals surface area contributed by atoms with Crippen LogP contribution in [-0.2, 0) is 9.59 Å². The predicted molar refractivity (Wildman–Crippen MR) is 76.6 cm³/mol. The smallest absolute Gasteiger partial charge is 0.239 e. The highest BCUT2D eigenvalue weighted by atomic mass is 35.5. The Morgan fingerprint density at radius 1 is 1.30 bits per heavy atom. The SMILES string of the molecule is CC(=O)N1CCN(CC(=O)Nc2ccc(Cl)cn2)CC1. The van der Waals surface area contributed by atoms with Crippen LogP contribution in [0.5, 0.6) is 0 Å². The number of hydrogen-bond donors (Lipinski definition) is 1. The van der Waals surface area contributed by atoms with Crippen LogP contribution in [0.4, 0.5) is 5.82 Å². The van der Waals surface area contributed by atoms with Crippen LogP contribution in [0.25, 0.3) is 0 Å². The molecule has 1 fully saturated rings. The summed E-state index contributed by atoms with van der Waals surface area (Å²) in [6, 6.07) is 3.34. The summed E-state index contributed by atoms with van der Waals surface area (Å²) in [5.41, 5.74) is 0. The molecule has 0 radical (unpaired) electrons. The highest BCUT2D eigenvalue weighted by molar-refractivity contribution is 6.30. The molecule has 0 aliphatic carbocycles. The average Bonchev–Trinajstić information content (AvgIpc) is 2.42. The Labute approximate surface area is 122 Å². The molecular weight excluding hydrogens is 280 g/mol. The quantitative estimate of drug-likeness (QED) is 0.897. The lowest BCUT2D eigenvalue weighted by Crippen LogP contribution is -2.49. The summed E-state index contributed by atoms with van der Waals surface area (Å²) in [5, 5.41) is 3.25. The first-order valence-corrected chi connectivity index (χ1v) is 6.81. The van der Waals surface area contributed by atoms with Gasteiger partial charge in [0.15, 0.2) is 0 Å². The minimum Gasteiger partial charge on any atom is -0.340 e. The first-order valence-electron chi connectivity index (χ1n) is 6.44. The van der Waals surface area contributed by atoms with E-state index in [2.05, 4.69) is 10.3 Å². The van der Waals surface area contributed by atoms with Gasteiger partial charge in [0, 0.05) is 39.3 Å². The third kappa shape index (κ3) is 4.18. The third-order valence-electron chi connectivity index (χ3n) is 3.18. The molecular formula is C13H17ClN4O2. The standard InChI is InChI=1S/C13H17ClN4O2/c1-10(19)18-6-4-17(5-7-18)9-13(20)16-12-3-2-11(14)8-15-12/h2-3,8H,4-7,9H2,1H3,(H,15,16,20). The first kappa shape index (κ1) is 14.7. The van der Waals surface area contributed by atoms with Gasteiger partial charge in [-0.1, -0.05) is 11.6 Å². The number of hydrogen-bond acceptors (Lipinski definition) is 4. The van der Waals surface area contributed by atoms with Gasteiger partial charge in [-0.25, -0.2) is 4.98 Å². The molecule has 2 rings (SSSR count). The summed E-state index contributed by atoms with van der Waals surface area (Å²) < 4.78 is 0. The number of carbonyl (C=O) groups excluding carboxylic acids is 2. The number of halogens is 1. The van der Waals surface area contributed by atoms with Gasteiger partial charge in [-0.2, -0.15) is 0 Å². The van der Waals surface area contributed by atoms with E-state index in [9.17, 15) is 9.59 Å². The molecule has 1 saturated heterocycles. The molecule has 7 heteroatoms. The summed E-state index contributed by atoms with van der Waals surface area (Å²) in [7, 11) is 0. The number of rotatable bonds is 3. The van der Waals surface area contributed by atoms with Crippen LogP contribution in [0, 0.1) is 0 Å². The zero-order valence-corrected chi connectivity index (χ0v) is 12.1. The molecule has 1 aliphatic rings. The summed E-state index contributed by atoms with van der Waals surface area (Å²) in [4.78, 5) is 30.9. The van der Waals surface area contributed by atoms with Crippen molar-refractivity contribution in [1.29, 1.82) is 0 Å². The number of nitrogens with one attached hydrogen (secondary N) is 1. The largest absolute Gasteiger partial charge is 0.340 e.